The zero-order valence-corrected chi connectivity index (χ0v) is 25.2. The molecule has 1 radical (unpaired) electrons. The molecule has 0 saturated carbocycles. The van der Waals surface area contributed by atoms with Crippen LogP contribution in [-0.4, -0.2) is 17.3 Å². The Morgan fingerprint density at radius 3 is 0.679 bits per heavy atom. The molecule has 0 aromatic carbocycles. The van der Waals surface area contributed by atoms with Gasteiger partial charge in [0.25, 0.3) is 0 Å². The summed E-state index contributed by atoms with van der Waals surface area (Å²) < 4.78 is 0. The molecule has 0 aliphatic heterocycles. The second-order valence-electron chi connectivity index (χ2n) is 7.42. The Balaban J connectivity index is -0.000000152. The number of rotatable bonds is 18. The molecule has 169 valence electrons. The maximum Gasteiger partial charge on any atom is 3.00 e. The fourth-order valence-electron chi connectivity index (χ4n) is 2.65. The van der Waals surface area contributed by atoms with Crippen molar-refractivity contribution in [2.45, 2.75) is 136 Å². The van der Waals surface area contributed by atoms with Crippen LogP contribution in [0.25, 0.3) is 0 Å². The Bertz CT molecular complexity index is 153. The van der Waals surface area contributed by atoms with Crippen LogP contribution in [0.2, 0.25) is 0 Å². The number of hydrogen-bond acceptors (Lipinski definition) is 3. The smallest absolute Gasteiger partial charge is 0.793 e. The molecule has 0 unspecified atom stereocenters. The average molecular weight is 576 g/mol. The number of hydrogen-bond donors (Lipinski definition) is 0. The molecule has 0 N–H and O–H groups in total. The van der Waals surface area contributed by atoms with Gasteiger partial charge in [0.2, 0.25) is 0 Å². The molecular weight excluding hydrogens is 525 g/mol. The normalized spacial score (nSPS) is 9.64. The fourth-order valence-corrected chi connectivity index (χ4v) is 3.26. The molecular formula is C24H51CeS3. The van der Waals surface area contributed by atoms with E-state index in [1.807, 2.05) is 0 Å². The summed E-state index contributed by atoms with van der Waals surface area (Å²) in [5, 5.41) is 0. The summed E-state index contributed by atoms with van der Waals surface area (Å²) in [4.78, 5) is 0. The average Bonchev–Trinajstić information content (AvgIpc) is 2.69. The van der Waals surface area contributed by atoms with E-state index in [1.54, 1.807) is 0 Å². The fraction of sp³-hybridized carbons (Fsp3) is 1.00. The molecule has 0 bridgehead atoms. The van der Waals surface area contributed by atoms with Crippen molar-refractivity contribution in [2.75, 3.05) is 17.3 Å². The van der Waals surface area contributed by atoms with Crippen LogP contribution in [0.3, 0.4) is 0 Å². The van der Waals surface area contributed by atoms with E-state index in [1.165, 1.54) is 116 Å². The Morgan fingerprint density at radius 2 is 0.500 bits per heavy atom. The van der Waals surface area contributed by atoms with Gasteiger partial charge in [-0.15, -0.1) is 0 Å². The van der Waals surface area contributed by atoms with Crippen LogP contribution < -0.4 is 0 Å². The first-order valence-corrected chi connectivity index (χ1v) is 13.7. The van der Waals surface area contributed by atoms with Gasteiger partial charge in [0.15, 0.2) is 0 Å². The van der Waals surface area contributed by atoms with E-state index in [2.05, 4.69) is 20.8 Å². The number of unbranched alkanes of at least 4 members (excludes halogenated alkanes) is 15. The van der Waals surface area contributed by atoms with E-state index >= 15 is 0 Å². The summed E-state index contributed by atoms with van der Waals surface area (Å²) in [6.07, 6.45) is 24.4. The zero-order chi connectivity index (χ0) is 20.8. The van der Waals surface area contributed by atoms with Crippen LogP contribution in [0.1, 0.15) is 136 Å². The van der Waals surface area contributed by atoms with Crippen LogP contribution >= 0.6 is 0 Å². The van der Waals surface area contributed by atoms with Gasteiger partial charge >= 0.3 is 41.7 Å². The van der Waals surface area contributed by atoms with Crippen molar-refractivity contribution < 1.29 is 41.7 Å². The molecule has 0 saturated heterocycles. The van der Waals surface area contributed by atoms with Gasteiger partial charge in [-0.2, -0.15) is 17.3 Å². The first kappa shape index (κ1) is 37.7. The summed E-state index contributed by atoms with van der Waals surface area (Å²) in [5.41, 5.74) is 0. The van der Waals surface area contributed by atoms with Crippen LogP contribution in [0.15, 0.2) is 0 Å². The monoisotopic (exact) mass is 575 g/mol. The maximum absolute atomic E-state index is 4.83. The van der Waals surface area contributed by atoms with Crippen LogP contribution in [0.5, 0.6) is 0 Å². The minimum absolute atomic E-state index is 0. The molecule has 0 aliphatic carbocycles. The third-order valence-electron chi connectivity index (χ3n) is 4.49. The van der Waals surface area contributed by atoms with E-state index < -0.39 is 0 Å². The summed E-state index contributed by atoms with van der Waals surface area (Å²) >= 11 is 14.5. The minimum Gasteiger partial charge on any atom is -0.793 e. The largest absolute Gasteiger partial charge is 3.00 e. The molecule has 0 amide bonds. The Kier molecular flexibility index (Phi) is 58.4. The van der Waals surface area contributed by atoms with Crippen molar-refractivity contribution in [1.29, 1.82) is 0 Å². The van der Waals surface area contributed by atoms with Gasteiger partial charge in [-0.3, -0.25) is 0 Å². The second-order valence-corrected chi connectivity index (χ2v) is 8.64. The van der Waals surface area contributed by atoms with Gasteiger partial charge in [-0.25, -0.2) is 0 Å². The SMILES string of the molecule is CCCCCCCC[S-].CCCCCCCC[S-].CCCCCCCC[S-].[Ce+3]. The molecule has 0 nitrogen and oxygen atoms in total. The Morgan fingerprint density at radius 1 is 0.321 bits per heavy atom. The van der Waals surface area contributed by atoms with E-state index in [0.717, 1.165) is 17.3 Å². The molecule has 0 spiro atoms. The zero-order valence-electron chi connectivity index (χ0n) is 19.6. The van der Waals surface area contributed by atoms with E-state index in [-0.39, 0.29) is 41.7 Å². The first-order chi connectivity index (χ1) is 13.2. The van der Waals surface area contributed by atoms with Gasteiger partial charge < -0.3 is 37.9 Å². The van der Waals surface area contributed by atoms with Gasteiger partial charge in [-0.05, 0) is 0 Å². The van der Waals surface area contributed by atoms with Gasteiger partial charge in [0, 0.05) is 0 Å². The molecule has 0 heterocycles. The van der Waals surface area contributed by atoms with Crippen molar-refractivity contribution in [3.8, 4) is 0 Å². The van der Waals surface area contributed by atoms with Gasteiger partial charge in [0.1, 0.15) is 0 Å². The molecule has 4 heteroatoms. The minimum atomic E-state index is 0. The second kappa shape index (κ2) is 43.3. The molecule has 0 fully saturated rings. The molecule has 0 rings (SSSR count). The molecule has 0 aromatic rings. The van der Waals surface area contributed by atoms with Crippen molar-refractivity contribution in [2.24, 2.45) is 0 Å². The summed E-state index contributed by atoms with van der Waals surface area (Å²) in [6, 6.07) is 0. The predicted molar refractivity (Wildman–Crippen MR) is 137 cm³/mol. The molecule has 28 heavy (non-hydrogen) atoms. The molecule has 0 aliphatic rings. The van der Waals surface area contributed by atoms with E-state index in [9.17, 15) is 0 Å². The van der Waals surface area contributed by atoms with Gasteiger partial charge in [0.05, 0.1) is 0 Å². The van der Waals surface area contributed by atoms with E-state index in [4.69, 9.17) is 37.9 Å². The predicted octanol–water partition coefficient (Wildman–Crippen LogP) is 8.68. The third kappa shape index (κ3) is 51.2. The van der Waals surface area contributed by atoms with Gasteiger partial charge in [-0.1, -0.05) is 136 Å². The topological polar surface area (TPSA) is 0 Å². The van der Waals surface area contributed by atoms with Crippen molar-refractivity contribution >= 4 is 37.9 Å². The van der Waals surface area contributed by atoms with E-state index in [0.29, 0.717) is 0 Å². The third-order valence-corrected chi connectivity index (χ3v) is 5.36. The Hall–Kier alpha value is 2.43. The van der Waals surface area contributed by atoms with Crippen LogP contribution in [0.4, 0.5) is 0 Å². The summed E-state index contributed by atoms with van der Waals surface area (Å²) in [5.74, 6) is 2.85. The van der Waals surface area contributed by atoms with Crippen molar-refractivity contribution in [3.05, 3.63) is 0 Å². The molecule has 0 aromatic heterocycles. The summed E-state index contributed by atoms with van der Waals surface area (Å²) in [7, 11) is 0. The molecule has 0 atom stereocenters. The van der Waals surface area contributed by atoms with Crippen LogP contribution in [-0.2, 0) is 37.9 Å². The quantitative estimate of drug-likeness (QED) is 0.119. The maximum atomic E-state index is 4.83. The van der Waals surface area contributed by atoms with Crippen molar-refractivity contribution in [1.82, 2.24) is 0 Å². The standard InChI is InChI=1S/3C8H18S.Ce/c3*1-2-3-4-5-6-7-8-9;/h3*9H,2-8H2,1H3;/q;;;+3/p-3. The van der Waals surface area contributed by atoms with Crippen LogP contribution in [0, 0.1) is 41.7 Å². The summed E-state index contributed by atoms with van der Waals surface area (Å²) in [6.45, 7) is 6.73. The van der Waals surface area contributed by atoms with Crippen molar-refractivity contribution in [3.63, 3.8) is 0 Å². The Labute approximate surface area is 230 Å². The first-order valence-electron chi connectivity index (χ1n) is 12.0.